The molecule has 1 atom stereocenters. The van der Waals surface area contributed by atoms with Crippen LogP contribution in [0.1, 0.15) is 30.0 Å². The Balaban J connectivity index is 2.40. The summed E-state index contributed by atoms with van der Waals surface area (Å²) in [5.41, 5.74) is 2.05. The van der Waals surface area contributed by atoms with Gasteiger partial charge in [0.1, 0.15) is 11.5 Å². The van der Waals surface area contributed by atoms with E-state index in [4.69, 9.17) is 9.15 Å². The number of benzene rings is 1. The van der Waals surface area contributed by atoms with Crippen LogP contribution in [0.5, 0.6) is 5.75 Å². The smallest absolute Gasteiger partial charge is 0.261 e. The number of rotatable bonds is 5. The summed E-state index contributed by atoms with van der Waals surface area (Å²) in [4.78, 5) is 5.51. The van der Waals surface area contributed by atoms with E-state index < -0.39 is 0 Å². The zero-order chi connectivity index (χ0) is 14.7. The van der Waals surface area contributed by atoms with E-state index in [1.54, 1.807) is 7.11 Å². The number of hydrogen-bond donors (Lipinski definition) is 1. The topological polar surface area (TPSA) is 47.3 Å². The molecule has 0 aliphatic carbocycles. The molecular formula is C15H20N2O2S. The van der Waals surface area contributed by atoms with Crippen molar-refractivity contribution < 1.29 is 9.15 Å². The van der Waals surface area contributed by atoms with Gasteiger partial charge in [0.25, 0.3) is 5.22 Å². The lowest BCUT2D eigenvalue weighted by atomic mass is 10.1. The molecule has 1 heterocycles. The summed E-state index contributed by atoms with van der Waals surface area (Å²) < 4.78 is 11.1. The Bertz CT molecular complexity index is 576. The second kappa shape index (κ2) is 6.33. The summed E-state index contributed by atoms with van der Waals surface area (Å²) in [5.74, 6) is 1.73. The van der Waals surface area contributed by atoms with E-state index in [9.17, 15) is 0 Å². The van der Waals surface area contributed by atoms with Crippen LogP contribution in [0.25, 0.3) is 0 Å². The van der Waals surface area contributed by atoms with Gasteiger partial charge in [0, 0.05) is 16.5 Å². The van der Waals surface area contributed by atoms with Crippen LogP contribution in [0, 0.1) is 13.8 Å². The van der Waals surface area contributed by atoms with Crippen LogP contribution in [0.3, 0.4) is 0 Å². The second-order valence-electron chi connectivity index (χ2n) is 4.61. The summed E-state index contributed by atoms with van der Waals surface area (Å²) in [6.07, 6.45) is 0. The van der Waals surface area contributed by atoms with Crippen LogP contribution >= 0.6 is 11.8 Å². The Hall–Kier alpha value is -1.46. The minimum Gasteiger partial charge on any atom is -0.496 e. The van der Waals surface area contributed by atoms with Crippen molar-refractivity contribution in [1.82, 2.24) is 10.3 Å². The zero-order valence-corrected chi connectivity index (χ0v) is 13.3. The fraction of sp³-hybridized carbons (Fsp3) is 0.400. The highest BCUT2D eigenvalue weighted by atomic mass is 32.2. The summed E-state index contributed by atoms with van der Waals surface area (Å²) in [6, 6.07) is 6.20. The highest BCUT2D eigenvalue weighted by molar-refractivity contribution is 7.99. The van der Waals surface area contributed by atoms with E-state index in [2.05, 4.69) is 23.3 Å². The third kappa shape index (κ3) is 2.99. The maximum absolute atomic E-state index is 5.65. The summed E-state index contributed by atoms with van der Waals surface area (Å²) >= 11 is 1.52. The molecule has 4 nitrogen and oxygen atoms in total. The van der Waals surface area contributed by atoms with Crippen LogP contribution < -0.4 is 10.1 Å². The van der Waals surface area contributed by atoms with Gasteiger partial charge in [-0.15, -0.1) is 0 Å². The summed E-state index contributed by atoms with van der Waals surface area (Å²) in [6.45, 7) is 5.98. The lowest BCUT2D eigenvalue weighted by Gasteiger charge is -2.18. The molecule has 108 valence electrons. The van der Waals surface area contributed by atoms with E-state index in [-0.39, 0.29) is 6.04 Å². The van der Waals surface area contributed by atoms with Crippen LogP contribution in [0.2, 0.25) is 0 Å². The monoisotopic (exact) mass is 292 g/mol. The molecule has 1 aromatic carbocycles. The number of ether oxygens (including phenoxy) is 1. The molecule has 2 aromatic rings. The van der Waals surface area contributed by atoms with Gasteiger partial charge in [0.05, 0.1) is 12.8 Å². The van der Waals surface area contributed by atoms with Crippen LogP contribution in [-0.4, -0.2) is 19.1 Å². The molecular weight excluding hydrogens is 272 g/mol. The average Bonchev–Trinajstić information content (AvgIpc) is 2.76. The molecule has 5 heteroatoms. The van der Waals surface area contributed by atoms with Crippen molar-refractivity contribution in [2.45, 2.75) is 36.9 Å². The molecule has 0 spiro atoms. The SMILES string of the molecule is CNC(C)c1c(OC)cccc1Sc1nc(C)c(C)o1. The molecule has 0 aliphatic heterocycles. The highest BCUT2D eigenvalue weighted by Crippen LogP contribution is 2.38. The normalized spacial score (nSPS) is 12.4. The van der Waals surface area contributed by atoms with Gasteiger partial charge in [0.2, 0.25) is 0 Å². The molecule has 2 rings (SSSR count). The van der Waals surface area contributed by atoms with Gasteiger partial charge in [-0.3, -0.25) is 0 Å². The predicted octanol–water partition coefficient (Wildman–Crippen LogP) is 3.73. The molecule has 1 N–H and O–H groups in total. The maximum atomic E-state index is 5.65. The van der Waals surface area contributed by atoms with Gasteiger partial charge in [-0.1, -0.05) is 6.07 Å². The third-order valence-corrected chi connectivity index (χ3v) is 4.24. The quantitative estimate of drug-likeness (QED) is 0.910. The van der Waals surface area contributed by atoms with Gasteiger partial charge < -0.3 is 14.5 Å². The van der Waals surface area contributed by atoms with Crippen LogP contribution in [0.4, 0.5) is 0 Å². The Kier molecular flexibility index (Phi) is 4.73. The molecule has 1 unspecified atom stereocenters. The molecule has 0 fully saturated rings. The number of aromatic nitrogens is 1. The lowest BCUT2D eigenvalue weighted by molar-refractivity contribution is 0.401. The number of nitrogens with zero attached hydrogens (tertiary/aromatic N) is 1. The van der Waals surface area contributed by atoms with Gasteiger partial charge in [-0.25, -0.2) is 4.98 Å². The van der Waals surface area contributed by atoms with Crippen molar-refractivity contribution in [2.24, 2.45) is 0 Å². The van der Waals surface area contributed by atoms with Gasteiger partial charge in [0.15, 0.2) is 0 Å². The third-order valence-electron chi connectivity index (χ3n) is 3.32. The average molecular weight is 292 g/mol. The summed E-state index contributed by atoms with van der Waals surface area (Å²) in [7, 11) is 3.63. The predicted molar refractivity (Wildman–Crippen MR) is 80.6 cm³/mol. The molecule has 0 bridgehead atoms. The first-order valence-corrected chi connectivity index (χ1v) is 7.34. The first-order valence-electron chi connectivity index (χ1n) is 6.52. The first-order chi connectivity index (χ1) is 9.56. The van der Waals surface area contributed by atoms with E-state index >= 15 is 0 Å². The molecule has 0 saturated heterocycles. The largest absolute Gasteiger partial charge is 0.496 e. The molecule has 0 amide bonds. The minimum absolute atomic E-state index is 0.186. The number of aryl methyl sites for hydroxylation is 2. The number of oxazole rings is 1. The lowest BCUT2D eigenvalue weighted by Crippen LogP contribution is -2.14. The number of methoxy groups -OCH3 is 1. The Labute approximate surface area is 123 Å². The van der Waals surface area contributed by atoms with Gasteiger partial charge in [-0.05, 0) is 51.7 Å². The van der Waals surface area contributed by atoms with E-state index in [0.717, 1.165) is 27.7 Å². The standard InChI is InChI=1S/C15H20N2O2S/c1-9-11(3)19-15(17-9)20-13-8-6-7-12(18-5)14(13)10(2)16-4/h6-8,10,16H,1-5H3. The van der Waals surface area contributed by atoms with Crippen molar-refractivity contribution >= 4 is 11.8 Å². The van der Waals surface area contributed by atoms with Gasteiger partial charge in [-0.2, -0.15) is 0 Å². The second-order valence-corrected chi connectivity index (χ2v) is 5.60. The van der Waals surface area contributed by atoms with Crippen molar-refractivity contribution in [3.63, 3.8) is 0 Å². The zero-order valence-electron chi connectivity index (χ0n) is 12.5. The van der Waals surface area contributed by atoms with Gasteiger partial charge >= 0.3 is 0 Å². The van der Waals surface area contributed by atoms with E-state index in [1.807, 2.05) is 33.0 Å². The Morgan fingerprint density at radius 2 is 2.10 bits per heavy atom. The highest BCUT2D eigenvalue weighted by Gasteiger charge is 2.17. The van der Waals surface area contributed by atoms with Crippen molar-refractivity contribution in [3.05, 3.63) is 35.2 Å². The minimum atomic E-state index is 0.186. The fourth-order valence-corrected chi connectivity index (χ4v) is 3.01. The van der Waals surface area contributed by atoms with Crippen molar-refractivity contribution in [2.75, 3.05) is 14.2 Å². The van der Waals surface area contributed by atoms with Crippen LogP contribution in [0.15, 0.2) is 32.7 Å². The molecule has 0 saturated carbocycles. The van der Waals surface area contributed by atoms with E-state index in [0.29, 0.717) is 5.22 Å². The molecule has 0 aliphatic rings. The van der Waals surface area contributed by atoms with Crippen molar-refractivity contribution in [1.29, 1.82) is 0 Å². The fourth-order valence-electron chi connectivity index (χ4n) is 1.94. The number of hydrogen-bond acceptors (Lipinski definition) is 5. The first kappa shape index (κ1) is 14.9. The number of nitrogens with one attached hydrogen (secondary N) is 1. The Morgan fingerprint density at radius 1 is 1.35 bits per heavy atom. The van der Waals surface area contributed by atoms with E-state index in [1.165, 1.54) is 11.8 Å². The summed E-state index contributed by atoms with van der Waals surface area (Å²) in [5, 5.41) is 3.92. The Morgan fingerprint density at radius 3 is 2.65 bits per heavy atom. The molecule has 0 radical (unpaired) electrons. The molecule has 1 aromatic heterocycles. The maximum Gasteiger partial charge on any atom is 0.261 e. The molecule has 20 heavy (non-hydrogen) atoms. The van der Waals surface area contributed by atoms with Crippen LogP contribution in [-0.2, 0) is 0 Å². The van der Waals surface area contributed by atoms with Crippen molar-refractivity contribution in [3.8, 4) is 5.75 Å².